The van der Waals surface area contributed by atoms with E-state index in [4.69, 9.17) is 9.47 Å². The van der Waals surface area contributed by atoms with E-state index < -0.39 is 29.7 Å². The molecule has 0 spiro atoms. The number of carbonyl (C=O) groups is 1. The summed E-state index contributed by atoms with van der Waals surface area (Å²) in [5.74, 6) is -0.505. The molecule has 0 aromatic heterocycles. The summed E-state index contributed by atoms with van der Waals surface area (Å²) in [6.45, 7) is 4.03. The molecule has 24 heavy (non-hydrogen) atoms. The van der Waals surface area contributed by atoms with Crippen molar-refractivity contribution in [3.8, 4) is 0 Å². The second-order valence-corrected chi connectivity index (χ2v) is 7.38. The summed E-state index contributed by atoms with van der Waals surface area (Å²) in [7, 11) is 0. The molecule has 8 heteroatoms. The number of amidine groups is 1. The van der Waals surface area contributed by atoms with Gasteiger partial charge in [0.05, 0.1) is 6.61 Å². The van der Waals surface area contributed by atoms with Gasteiger partial charge in [0, 0.05) is 10.0 Å². The number of amides is 1. The highest BCUT2D eigenvalue weighted by molar-refractivity contribution is 9.10. The standard InChI is InChI=1S/C16H19BrF2N2O3/c1-15(2,3)24-14(22)20-13-7-23-9-16(8-18,21-13)11-6-10(17)4-5-12(11)19/h4-6H,7-9H2,1-3H3,(H,20,21,22)/t16-/m0/s1. The second kappa shape index (κ2) is 7.14. The molecular weight excluding hydrogens is 386 g/mol. The third-order valence-electron chi connectivity index (χ3n) is 3.22. The Kier molecular flexibility index (Phi) is 5.59. The summed E-state index contributed by atoms with van der Waals surface area (Å²) < 4.78 is 39.0. The average molecular weight is 405 g/mol. The maximum absolute atomic E-state index is 14.2. The van der Waals surface area contributed by atoms with Gasteiger partial charge in [-0.3, -0.25) is 10.3 Å². The minimum absolute atomic E-state index is 0.0172. The fourth-order valence-electron chi connectivity index (χ4n) is 2.26. The first-order valence-electron chi connectivity index (χ1n) is 7.33. The minimum atomic E-state index is -1.55. The Morgan fingerprint density at radius 1 is 1.50 bits per heavy atom. The zero-order valence-electron chi connectivity index (χ0n) is 13.7. The van der Waals surface area contributed by atoms with Gasteiger partial charge in [-0.1, -0.05) is 15.9 Å². The Labute approximate surface area is 147 Å². The van der Waals surface area contributed by atoms with Crippen molar-refractivity contribution in [2.75, 3.05) is 19.9 Å². The number of alkyl halides is 1. The first-order valence-corrected chi connectivity index (χ1v) is 8.12. The summed E-state index contributed by atoms with van der Waals surface area (Å²) in [6.07, 6.45) is -0.728. The Hall–Kier alpha value is -1.54. The van der Waals surface area contributed by atoms with Crippen molar-refractivity contribution in [3.05, 3.63) is 34.1 Å². The molecule has 0 saturated carbocycles. The monoisotopic (exact) mass is 404 g/mol. The molecule has 132 valence electrons. The summed E-state index contributed by atoms with van der Waals surface area (Å²) in [5, 5.41) is 2.43. The molecule has 0 unspecified atom stereocenters. The van der Waals surface area contributed by atoms with E-state index in [0.29, 0.717) is 4.47 Å². The summed E-state index contributed by atoms with van der Waals surface area (Å²) in [5.41, 5.74) is -2.17. The smallest absolute Gasteiger partial charge is 0.413 e. The van der Waals surface area contributed by atoms with Crippen molar-refractivity contribution in [2.24, 2.45) is 4.99 Å². The van der Waals surface area contributed by atoms with E-state index in [1.165, 1.54) is 18.2 Å². The van der Waals surface area contributed by atoms with Crippen LogP contribution in [0.25, 0.3) is 0 Å². The summed E-state index contributed by atoms with van der Waals surface area (Å²) in [4.78, 5) is 16.1. The van der Waals surface area contributed by atoms with Crippen LogP contribution in [-0.4, -0.2) is 37.4 Å². The van der Waals surface area contributed by atoms with Crippen LogP contribution >= 0.6 is 15.9 Å². The zero-order valence-corrected chi connectivity index (χ0v) is 15.2. The molecule has 0 bridgehead atoms. The Morgan fingerprint density at radius 2 is 2.21 bits per heavy atom. The summed E-state index contributed by atoms with van der Waals surface area (Å²) in [6, 6.07) is 4.19. The molecule has 2 rings (SSSR count). The van der Waals surface area contributed by atoms with Crippen LogP contribution in [0.4, 0.5) is 13.6 Å². The highest BCUT2D eigenvalue weighted by Crippen LogP contribution is 2.33. The lowest BCUT2D eigenvalue weighted by Gasteiger charge is -2.32. The molecular formula is C16H19BrF2N2O3. The largest absolute Gasteiger partial charge is 0.444 e. The van der Waals surface area contributed by atoms with Crippen LogP contribution in [0.5, 0.6) is 0 Å². The normalized spacial score (nSPS) is 21.2. The molecule has 0 saturated heterocycles. The predicted molar refractivity (Wildman–Crippen MR) is 89.4 cm³/mol. The number of benzene rings is 1. The van der Waals surface area contributed by atoms with Crippen LogP contribution in [0, 0.1) is 5.82 Å². The van der Waals surface area contributed by atoms with Crippen LogP contribution < -0.4 is 5.32 Å². The lowest BCUT2D eigenvalue weighted by Crippen LogP contribution is -2.46. The van der Waals surface area contributed by atoms with E-state index >= 15 is 0 Å². The van der Waals surface area contributed by atoms with Crippen molar-refractivity contribution in [2.45, 2.75) is 31.9 Å². The summed E-state index contributed by atoms with van der Waals surface area (Å²) >= 11 is 3.24. The lowest BCUT2D eigenvalue weighted by atomic mass is 9.91. The number of alkyl carbamates (subject to hydrolysis) is 1. The van der Waals surface area contributed by atoms with Crippen LogP contribution in [0.1, 0.15) is 26.3 Å². The van der Waals surface area contributed by atoms with E-state index in [1.807, 2.05) is 0 Å². The van der Waals surface area contributed by atoms with Crippen LogP contribution in [0.15, 0.2) is 27.7 Å². The number of aliphatic imine (C=N–C) groups is 1. The van der Waals surface area contributed by atoms with Crippen LogP contribution in [-0.2, 0) is 15.0 Å². The number of nitrogens with one attached hydrogen (secondary N) is 1. The van der Waals surface area contributed by atoms with Gasteiger partial charge in [-0.2, -0.15) is 0 Å². The topological polar surface area (TPSA) is 59.9 Å². The van der Waals surface area contributed by atoms with Gasteiger partial charge in [0.2, 0.25) is 0 Å². The first-order chi connectivity index (χ1) is 11.1. The van der Waals surface area contributed by atoms with Gasteiger partial charge in [-0.05, 0) is 39.0 Å². The zero-order chi connectivity index (χ0) is 18.0. The molecule has 1 aliphatic heterocycles. The van der Waals surface area contributed by atoms with E-state index in [2.05, 4.69) is 26.2 Å². The van der Waals surface area contributed by atoms with Crippen LogP contribution in [0.2, 0.25) is 0 Å². The molecule has 5 nitrogen and oxygen atoms in total. The van der Waals surface area contributed by atoms with Crippen molar-refractivity contribution in [1.29, 1.82) is 0 Å². The van der Waals surface area contributed by atoms with E-state index in [1.54, 1.807) is 20.8 Å². The molecule has 1 heterocycles. The highest BCUT2D eigenvalue weighted by atomic mass is 79.9. The third-order valence-corrected chi connectivity index (χ3v) is 3.72. The Bertz CT molecular complexity index is 661. The van der Waals surface area contributed by atoms with Gasteiger partial charge >= 0.3 is 6.09 Å². The molecule has 1 N–H and O–H groups in total. The van der Waals surface area contributed by atoms with Crippen molar-refractivity contribution in [1.82, 2.24) is 5.32 Å². The maximum Gasteiger partial charge on any atom is 0.413 e. The molecule has 1 amide bonds. The molecule has 0 radical (unpaired) electrons. The number of hydrogen-bond donors (Lipinski definition) is 1. The first kappa shape index (κ1) is 18.8. The molecule has 1 aromatic carbocycles. The van der Waals surface area contributed by atoms with E-state index in [0.717, 1.165) is 0 Å². The van der Waals surface area contributed by atoms with Crippen LogP contribution in [0.3, 0.4) is 0 Å². The predicted octanol–water partition coefficient (Wildman–Crippen LogP) is 3.71. The molecule has 1 aliphatic rings. The molecule has 0 aliphatic carbocycles. The maximum atomic E-state index is 14.2. The van der Waals surface area contributed by atoms with Gasteiger partial charge in [0.15, 0.2) is 0 Å². The Balaban J connectivity index is 2.30. The number of nitrogens with zero attached hydrogens (tertiary/aromatic N) is 1. The van der Waals surface area contributed by atoms with Gasteiger partial charge in [0.1, 0.15) is 36.1 Å². The fourth-order valence-corrected chi connectivity index (χ4v) is 2.62. The van der Waals surface area contributed by atoms with Crippen molar-refractivity contribution >= 4 is 27.9 Å². The average Bonchev–Trinajstić information content (AvgIpc) is 2.47. The van der Waals surface area contributed by atoms with E-state index in [-0.39, 0.29) is 24.6 Å². The minimum Gasteiger partial charge on any atom is -0.444 e. The number of ether oxygens (including phenoxy) is 2. The lowest BCUT2D eigenvalue weighted by molar-refractivity contribution is 0.0528. The number of hydrogen-bond acceptors (Lipinski definition) is 4. The van der Waals surface area contributed by atoms with Crippen molar-refractivity contribution < 1.29 is 23.0 Å². The van der Waals surface area contributed by atoms with E-state index in [9.17, 15) is 13.6 Å². The number of halogens is 3. The second-order valence-electron chi connectivity index (χ2n) is 6.47. The molecule has 0 fully saturated rings. The number of carbonyl (C=O) groups excluding carboxylic acids is 1. The number of rotatable bonds is 2. The molecule has 1 aromatic rings. The van der Waals surface area contributed by atoms with Crippen molar-refractivity contribution in [3.63, 3.8) is 0 Å². The van der Waals surface area contributed by atoms with Gasteiger partial charge in [-0.15, -0.1) is 0 Å². The quantitative estimate of drug-likeness (QED) is 0.817. The SMILES string of the molecule is CC(C)(C)OC(=O)NC1=N[C@](CF)(c2cc(Br)ccc2F)COC1. The van der Waals surface area contributed by atoms with Gasteiger partial charge in [-0.25, -0.2) is 13.6 Å². The fraction of sp³-hybridized carbons (Fsp3) is 0.500. The Morgan fingerprint density at radius 3 is 2.83 bits per heavy atom. The molecule has 1 atom stereocenters. The third kappa shape index (κ3) is 4.51. The van der Waals surface area contributed by atoms with Gasteiger partial charge < -0.3 is 9.47 Å². The highest BCUT2D eigenvalue weighted by Gasteiger charge is 2.39. The van der Waals surface area contributed by atoms with Gasteiger partial charge in [0.25, 0.3) is 0 Å².